The molecular weight excluding hydrogens is 194 g/mol. The van der Waals surface area contributed by atoms with Crippen LogP contribution in [0.5, 0.6) is 0 Å². The van der Waals surface area contributed by atoms with Gasteiger partial charge in [-0.15, -0.1) is 0 Å². The number of nitrogens with zero attached hydrogens (tertiary/aromatic N) is 1. The minimum atomic E-state index is 0.546. The van der Waals surface area contributed by atoms with Gasteiger partial charge in [0, 0.05) is 23.5 Å². The zero-order valence-corrected chi connectivity index (χ0v) is 9.58. The molecule has 0 radical (unpaired) electrons. The maximum atomic E-state index is 4.26. The van der Waals surface area contributed by atoms with Crippen LogP contribution in [-0.4, -0.2) is 27.5 Å². The number of nitrogens with one attached hydrogen (secondary N) is 2. The summed E-state index contributed by atoms with van der Waals surface area (Å²) in [5, 5.41) is 3.48. The standard InChI is InChI=1S/C10H17N3S/c1-8-9(13-7-12-8)5-11-6-10(14-2)3-4-10/h7,11H,3-6H2,1-2H3,(H,12,13). The van der Waals surface area contributed by atoms with Crippen LogP contribution in [0, 0.1) is 6.92 Å². The molecule has 0 amide bonds. The van der Waals surface area contributed by atoms with Gasteiger partial charge in [-0.25, -0.2) is 4.98 Å². The molecule has 0 unspecified atom stereocenters. The Balaban J connectivity index is 1.76. The Kier molecular flexibility index (Phi) is 2.83. The molecule has 14 heavy (non-hydrogen) atoms. The van der Waals surface area contributed by atoms with E-state index >= 15 is 0 Å². The van der Waals surface area contributed by atoms with Crippen LogP contribution in [0.4, 0.5) is 0 Å². The first kappa shape index (κ1) is 10.1. The third kappa shape index (κ3) is 2.12. The lowest BCUT2D eigenvalue weighted by Crippen LogP contribution is -2.25. The molecule has 2 rings (SSSR count). The van der Waals surface area contributed by atoms with Crippen LogP contribution >= 0.6 is 11.8 Å². The number of thioether (sulfide) groups is 1. The molecule has 1 aromatic rings. The molecule has 0 aliphatic heterocycles. The van der Waals surface area contributed by atoms with E-state index in [4.69, 9.17) is 0 Å². The number of hydrogen-bond acceptors (Lipinski definition) is 3. The molecule has 1 aromatic heterocycles. The minimum Gasteiger partial charge on any atom is -0.348 e. The number of aromatic nitrogens is 2. The zero-order valence-electron chi connectivity index (χ0n) is 8.76. The average molecular weight is 211 g/mol. The van der Waals surface area contributed by atoms with Crippen molar-refractivity contribution in [1.29, 1.82) is 0 Å². The second kappa shape index (κ2) is 3.95. The lowest BCUT2D eigenvalue weighted by atomic mass is 10.3. The molecule has 78 valence electrons. The summed E-state index contributed by atoms with van der Waals surface area (Å²) in [7, 11) is 0. The van der Waals surface area contributed by atoms with E-state index in [0.29, 0.717) is 4.75 Å². The van der Waals surface area contributed by atoms with Gasteiger partial charge in [0.15, 0.2) is 0 Å². The predicted octanol–water partition coefficient (Wildman–Crippen LogP) is 1.70. The monoisotopic (exact) mass is 211 g/mol. The van der Waals surface area contributed by atoms with E-state index in [1.54, 1.807) is 6.33 Å². The molecule has 0 aromatic carbocycles. The fourth-order valence-electron chi connectivity index (χ4n) is 1.57. The number of hydrogen-bond donors (Lipinski definition) is 2. The normalized spacial score (nSPS) is 18.4. The van der Waals surface area contributed by atoms with E-state index in [9.17, 15) is 0 Å². The lowest BCUT2D eigenvalue weighted by molar-refractivity contribution is 0.652. The van der Waals surface area contributed by atoms with Crippen molar-refractivity contribution in [2.75, 3.05) is 12.8 Å². The molecule has 2 N–H and O–H groups in total. The highest BCUT2D eigenvalue weighted by molar-refractivity contribution is 8.00. The predicted molar refractivity (Wildman–Crippen MR) is 60.5 cm³/mol. The Bertz CT molecular complexity index is 304. The smallest absolute Gasteiger partial charge is 0.0925 e. The number of aromatic amines is 1. The van der Waals surface area contributed by atoms with Crippen molar-refractivity contribution in [2.24, 2.45) is 0 Å². The largest absolute Gasteiger partial charge is 0.348 e. The van der Waals surface area contributed by atoms with Crippen LogP contribution in [0.3, 0.4) is 0 Å². The van der Waals surface area contributed by atoms with Gasteiger partial charge >= 0.3 is 0 Å². The van der Waals surface area contributed by atoms with E-state index in [1.807, 2.05) is 11.8 Å². The SMILES string of the molecule is CSC1(CNCc2nc[nH]c2C)CC1. The van der Waals surface area contributed by atoms with Crippen LogP contribution in [0.1, 0.15) is 24.2 Å². The zero-order chi connectivity index (χ0) is 10.0. The molecule has 1 heterocycles. The molecule has 1 fully saturated rings. The third-order valence-corrected chi connectivity index (χ3v) is 4.33. The summed E-state index contributed by atoms with van der Waals surface area (Å²) in [6.45, 7) is 4.06. The highest BCUT2D eigenvalue weighted by atomic mass is 32.2. The van der Waals surface area contributed by atoms with Gasteiger partial charge in [-0.2, -0.15) is 11.8 Å². The number of rotatable bonds is 5. The first-order valence-electron chi connectivity index (χ1n) is 5.00. The van der Waals surface area contributed by atoms with Crippen LogP contribution < -0.4 is 5.32 Å². The summed E-state index contributed by atoms with van der Waals surface area (Å²) >= 11 is 1.99. The van der Waals surface area contributed by atoms with Crippen molar-refractivity contribution in [3.05, 3.63) is 17.7 Å². The number of imidazole rings is 1. The fraction of sp³-hybridized carbons (Fsp3) is 0.700. The Hall–Kier alpha value is -0.480. The summed E-state index contributed by atoms with van der Waals surface area (Å²) in [6.07, 6.45) is 6.68. The van der Waals surface area contributed by atoms with Crippen molar-refractivity contribution < 1.29 is 0 Å². The first-order chi connectivity index (χ1) is 6.76. The van der Waals surface area contributed by atoms with E-state index in [1.165, 1.54) is 18.5 Å². The first-order valence-corrected chi connectivity index (χ1v) is 6.23. The van der Waals surface area contributed by atoms with Crippen molar-refractivity contribution >= 4 is 11.8 Å². The van der Waals surface area contributed by atoms with E-state index in [0.717, 1.165) is 18.8 Å². The van der Waals surface area contributed by atoms with Crippen molar-refractivity contribution in [3.8, 4) is 0 Å². The second-order valence-electron chi connectivity index (χ2n) is 3.96. The van der Waals surface area contributed by atoms with Crippen LogP contribution in [0.25, 0.3) is 0 Å². The molecular formula is C10H17N3S. The second-order valence-corrected chi connectivity index (χ2v) is 5.24. The highest BCUT2D eigenvalue weighted by Gasteiger charge is 2.41. The summed E-state index contributed by atoms with van der Waals surface area (Å²) in [5.41, 5.74) is 2.31. The summed E-state index contributed by atoms with van der Waals surface area (Å²) < 4.78 is 0.546. The molecule has 0 atom stereocenters. The Morgan fingerprint density at radius 2 is 2.43 bits per heavy atom. The highest BCUT2D eigenvalue weighted by Crippen LogP contribution is 2.46. The van der Waals surface area contributed by atoms with Gasteiger partial charge in [0.1, 0.15) is 0 Å². The molecule has 3 nitrogen and oxygen atoms in total. The fourth-order valence-corrected chi connectivity index (χ4v) is 2.32. The number of aryl methyl sites for hydroxylation is 1. The van der Waals surface area contributed by atoms with Gasteiger partial charge in [0.25, 0.3) is 0 Å². The molecule has 1 aliphatic rings. The summed E-state index contributed by atoms with van der Waals surface area (Å²) in [4.78, 5) is 7.35. The third-order valence-electron chi connectivity index (χ3n) is 2.91. The maximum absolute atomic E-state index is 4.26. The Morgan fingerprint density at radius 3 is 2.93 bits per heavy atom. The van der Waals surface area contributed by atoms with Gasteiger partial charge in [-0.3, -0.25) is 0 Å². The molecule has 0 saturated heterocycles. The average Bonchev–Trinajstić information content (AvgIpc) is 2.86. The Labute approximate surface area is 89.1 Å². The van der Waals surface area contributed by atoms with Gasteiger partial charge in [0.05, 0.1) is 12.0 Å². The van der Waals surface area contributed by atoms with Gasteiger partial charge in [-0.05, 0) is 26.0 Å². The molecule has 1 saturated carbocycles. The summed E-state index contributed by atoms with van der Waals surface area (Å²) in [6, 6.07) is 0. The number of H-pyrrole nitrogens is 1. The van der Waals surface area contributed by atoms with Gasteiger partial charge < -0.3 is 10.3 Å². The molecule has 0 spiro atoms. The van der Waals surface area contributed by atoms with Crippen molar-refractivity contribution in [1.82, 2.24) is 15.3 Å². The summed E-state index contributed by atoms with van der Waals surface area (Å²) in [5.74, 6) is 0. The van der Waals surface area contributed by atoms with Crippen LogP contribution in [0.15, 0.2) is 6.33 Å². The topological polar surface area (TPSA) is 40.7 Å². The maximum Gasteiger partial charge on any atom is 0.0925 e. The minimum absolute atomic E-state index is 0.546. The van der Waals surface area contributed by atoms with Crippen molar-refractivity contribution in [3.63, 3.8) is 0 Å². The Morgan fingerprint density at radius 1 is 1.64 bits per heavy atom. The van der Waals surface area contributed by atoms with Crippen molar-refractivity contribution in [2.45, 2.75) is 31.1 Å². The lowest BCUT2D eigenvalue weighted by Gasteiger charge is -2.12. The van der Waals surface area contributed by atoms with Gasteiger partial charge in [-0.1, -0.05) is 0 Å². The molecule has 1 aliphatic carbocycles. The molecule has 4 heteroatoms. The van der Waals surface area contributed by atoms with E-state index in [2.05, 4.69) is 28.5 Å². The quantitative estimate of drug-likeness (QED) is 0.779. The molecule has 0 bridgehead atoms. The van der Waals surface area contributed by atoms with E-state index in [-0.39, 0.29) is 0 Å². The van der Waals surface area contributed by atoms with Gasteiger partial charge in [0.2, 0.25) is 0 Å². The van der Waals surface area contributed by atoms with Crippen LogP contribution in [0.2, 0.25) is 0 Å². The van der Waals surface area contributed by atoms with Crippen LogP contribution in [-0.2, 0) is 6.54 Å². The van der Waals surface area contributed by atoms with E-state index < -0.39 is 0 Å².